The van der Waals surface area contributed by atoms with Gasteiger partial charge in [-0.3, -0.25) is 4.98 Å². The van der Waals surface area contributed by atoms with Crippen LogP contribution >= 0.6 is 0 Å². The zero-order chi connectivity index (χ0) is 12.3. The highest BCUT2D eigenvalue weighted by atomic mass is 16.5. The predicted octanol–water partition coefficient (Wildman–Crippen LogP) is 2.78. The molecule has 3 nitrogen and oxygen atoms in total. The normalized spacial score (nSPS) is 29.0. The van der Waals surface area contributed by atoms with Gasteiger partial charge in [-0.15, -0.1) is 0 Å². The summed E-state index contributed by atoms with van der Waals surface area (Å²) in [6.45, 7) is 4.59. The second-order valence-electron chi connectivity index (χ2n) is 5.15. The molecular formula is C14H21NO2. The molecule has 1 aliphatic carbocycles. The average Bonchev–Trinajstić information content (AvgIpc) is 2.34. The first-order valence-corrected chi connectivity index (χ1v) is 6.41. The summed E-state index contributed by atoms with van der Waals surface area (Å²) < 4.78 is 6.00. The van der Waals surface area contributed by atoms with Gasteiger partial charge in [0.2, 0.25) is 0 Å². The molecule has 1 heterocycles. The summed E-state index contributed by atoms with van der Waals surface area (Å²) >= 11 is 0. The molecule has 0 saturated heterocycles. The third kappa shape index (κ3) is 2.97. The SMILES string of the molecule is CC1CCC(Oc2ccncc2CO)CC1C. The number of nitrogens with zero attached hydrogens (tertiary/aromatic N) is 1. The molecule has 0 amide bonds. The molecule has 1 aromatic heterocycles. The van der Waals surface area contributed by atoms with E-state index in [0.717, 1.165) is 30.1 Å². The van der Waals surface area contributed by atoms with E-state index in [0.29, 0.717) is 5.92 Å². The number of aliphatic hydroxyl groups is 1. The molecule has 3 atom stereocenters. The summed E-state index contributed by atoms with van der Waals surface area (Å²) in [5.41, 5.74) is 0.777. The highest BCUT2D eigenvalue weighted by Crippen LogP contribution is 2.32. The summed E-state index contributed by atoms with van der Waals surface area (Å²) in [5, 5.41) is 9.22. The maximum absolute atomic E-state index is 9.22. The topological polar surface area (TPSA) is 42.4 Å². The Labute approximate surface area is 103 Å². The molecule has 0 aromatic carbocycles. The molecule has 3 unspecified atom stereocenters. The van der Waals surface area contributed by atoms with Crippen LogP contribution in [0.5, 0.6) is 5.75 Å². The van der Waals surface area contributed by atoms with Gasteiger partial charge in [0.25, 0.3) is 0 Å². The first kappa shape index (κ1) is 12.4. The van der Waals surface area contributed by atoms with E-state index in [2.05, 4.69) is 18.8 Å². The molecule has 0 bridgehead atoms. The summed E-state index contributed by atoms with van der Waals surface area (Å²) in [4.78, 5) is 4.00. The van der Waals surface area contributed by atoms with E-state index in [1.165, 1.54) is 6.42 Å². The molecule has 94 valence electrons. The van der Waals surface area contributed by atoms with Gasteiger partial charge in [-0.2, -0.15) is 0 Å². The van der Waals surface area contributed by atoms with E-state index >= 15 is 0 Å². The lowest BCUT2D eigenvalue weighted by molar-refractivity contribution is 0.0980. The van der Waals surface area contributed by atoms with Crippen molar-refractivity contribution in [3.63, 3.8) is 0 Å². The van der Waals surface area contributed by atoms with Crippen molar-refractivity contribution < 1.29 is 9.84 Å². The maximum atomic E-state index is 9.22. The minimum absolute atomic E-state index is 0.0121. The Balaban J connectivity index is 2.01. The molecule has 3 heteroatoms. The van der Waals surface area contributed by atoms with E-state index in [1.807, 2.05) is 6.07 Å². The Morgan fingerprint density at radius 2 is 2.18 bits per heavy atom. The smallest absolute Gasteiger partial charge is 0.128 e. The van der Waals surface area contributed by atoms with Crippen molar-refractivity contribution in [2.45, 2.75) is 45.8 Å². The number of aliphatic hydroxyl groups excluding tert-OH is 1. The largest absolute Gasteiger partial charge is 0.490 e. The van der Waals surface area contributed by atoms with Gasteiger partial charge in [-0.1, -0.05) is 13.8 Å². The lowest BCUT2D eigenvalue weighted by Gasteiger charge is -2.32. The fourth-order valence-corrected chi connectivity index (χ4v) is 2.43. The molecule has 17 heavy (non-hydrogen) atoms. The van der Waals surface area contributed by atoms with Gasteiger partial charge in [-0.05, 0) is 37.2 Å². The molecule has 1 saturated carbocycles. The van der Waals surface area contributed by atoms with Crippen LogP contribution in [0.3, 0.4) is 0 Å². The minimum atomic E-state index is -0.0121. The molecular weight excluding hydrogens is 214 g/mol. The van der Waals surface area contributed by atoms with Crippen LogP contribution in [0.2, 0.25) is 0 Å². The molecule has 0 spiro atoms. The maximum Gasteiger partial charge on any atom is 0.128 e. The average molecular weight is 235 g/mol. The van der Waals surface area contributed by atoms with Crippen LogP contribution in [0, 0.1) is 11.8 Å². The number of hydrogen-bond acceptors (Lipinski definition) is 3. The molecule has 1 aromatic rings. The number of pyridine rings is 1. The second-order valence-corrected chi connectivity index (χ2v) is 5.15. The van der Waals surface area contributed by atoms with Gasteiger partial charge in [0, 0.05) is 18.0 Å². The van der Waals surface area contributed by atoms with Gasteiger partial charge < -0.3 is 9.84 Å². The first-order valence-electron chi connectivity index (χ1n) is 6.41. The molecule has 1 fully saturated rings. The van der Waals surface area contributed by atoms with Crippen LogP contribution < -0.4 is 4.74 Å². The van der Waals surface area contributed by atoms with Gasteiger partial charge in [0.15, 0.2) is 0 Å². The zero-order valence-corrected chi connectivity index (χ0v) is 10.6. The van der Waals surface area contributed by atoms with Gasteiger partial charge >= 0.3 is 0 Å². The zero-order valence-electron chi connectivity index (χ0n) is 10.6. The van der Waals surface area contributed by atoms with Crippen LogP contribution in [0.25, 0.3) is 0 Å². The Bertz CT molecular complexity index is 367. The highest BCUT2D eigenvalue weighted by Gasteiger charge is 2.26. The third-order valence-corrected chi connectivity index (χ3v) is 3.87. The highest BCUT2D eigenvalue weighted by molar-refractivity contribution is 5.29. The van der Waals surface area contributed by atoms with Crippen molar-refractivity contribution in [3.05, 3.63) is 24.0 Å². The van der Waals surface area contributed by atoms with Gasteiger partial charge in [0.1, 0.15) is 5.75 Å². The van der Waals surface area contributed by atoms with Crippen LogP contribution in [0.15, 0.2) is 18.5 Å². The van der Waals surface area contributed by atoms with E-state index in [-0.39, 0.29) is 12.7 Å². The Hall–Kier alpha value is -1.09. The molecule has 0 aliphatic heterocycles. The van der Waals surface area contributed by atoms with E-state index in [4.69, 9.17) is 4.74 Å². The fraction of sp³-hybridized carbons (Fsp3) is 0.643. The summed E-state index contributed by atoms with van der Waals surface area (Å²) in [7, 11) is 0. The van der Waals surface area contributed by atoms with Gasteiger partial charge in [-0.25, -0.2) is 0 Å². The quantitative estimate of drug-likeness (QED) is 0.876. The first-order chi connectivity index (χ1) is 8.20. The van der Waals surface area contributed by atoms with Crippen LogP contribution in [0.1, 0.15) is 38.7 Å². The Morgan fingerprint density at radius 1 is 1.35 bits per heavy atom. The van der Waals surface area contributed by atoms with Crippen molar-refractivity contribution in [2.24, 2.45) is 11.8 Å². The molecule has 0 radical (unpaired) electrons. The van der Waals surface area contributed by atoms with Crippen LogP contribution in [-0.4, -0.2) is 16.2 Å². The summed E-state index contributed by atoms with van der Waals surface area (Å²) in [6.07, 6.45) is 7.11. The second kappa shape index (κ2) is 5.50. The monoisotopic (exact) mass is 235 g/mol. The predicted molar refractivity (Wildman–Crippen MR) is 66.8 cm³/mol. The van der Waals surface area contributed by atoms with Gasteiger partial charge in [0.05, 0.1) is 12.7 Å². The number of aromatic nitrogens is 1. The van der Waals surface area contributed by atoms with Crippen molar-refractivity contribution in [3.8, 4) is 5.75 Å². The Morgan fingerprint density at radius 3 is 2.88 bits per heavy atom. The van der Waals surface area contributed by atoms with Crippen LogP contribution in [0.4, 0.5) is 0 Å². The van der Waals surface area contributed by atoms with E-state index < -0.39 is 0 Å². The van der Waals surface area contributed by atoms with Crippen molar-refractivity contribution in [2.75, 3.05) is 0 Å². The van der Waals surface area contributed by atoms with E-state index in [1.54, 1.807) is 12.4 Å². The lowest BCUT2D eigenvalue weighted by Crippen LogP contribution is -2.29. The number of rotatable bonds is 3. The van der Waals surface area contributed by atoms with Crippen molar-refractivity contribution in [1.82, 2.24) is 4.98 Å². The third-order valence-electron chi connectivity index (χ3n) is 3.87. The molecule has 1 N–H and O–H groups in total. The van der Waals surface area contributed by atoms with E-state index in [9.17, 15) is 5.11 Å². The van der Waals surface area contributed by atoms with Crippen molar-refractivity contribution >= 4 is 0 Å². The van der Waals surface area contributed by atoms with Crippen molar-refractivity contribution in [1.29, 1.82) is 0 Å². The molecule has 1 aliphatic rings. The van der Waals surface area contributed by atoms with Crippen LogP contribution in [-0.2, 0) is 6.61 Å². The summed E-state index contributed by atoms with van der Waals surface area (Å²) in [6, 6.07) is 1.84. The fourth-order valence-electron chi connectivity index (χ4n) is 2.43. The lowest BCUT2D eigenvalue weighted by atomic mass is 9.80. The number of ether oxygens (including phenoxy) is 1. The Kier molecular flexibility index (Phi) is 4.00. The molecule has 2 rings (SSSR count). The standard InChI is InChI=1S/C14H21NO2/c1-10-3-4-13(7-11(10)2)17-14-5-6-15-8-12(14)9-16/h5-6,8,10-11,13,16H,3-4,7,9H2,1-2H3. The summed E-state index contributed by atoms with van der Waals surface area (Å²) in [5.74, 6) is 2.30. The number of hydrogen-bond donors (Lipinski definition) is 1. The minimum Gasteiger partial charge on any atom is -0.490 e.